The predicted molar refractivity (Wildman–Crippen MR) is 77.8 cm³/mol. The maximum Gasteiger partial charge on any atom is 0.287 e. The quantitative estimate of drug-likeness (QED) is 0.944. The van der Waals surface area contributed by atoms with Gasteiger partial charge in [0.15, 0.2) is 5.76 Å². The van der Waals surface area contributed by atoms with E-state index in [1.54, 1.807) is 24.3 Å². The van der Waals surface area contributed by atoms with E-state index in [4.69, 9.17) is 4.42 Å². The number of rotatable bonds is 3. The van der Waals surface area contributed by atoms with Crippen LogP contribution in [-0.2, 0) is 0 Å². The summed E-state index contributed by atoms with van der Waals surface area (Å²) in [6.45, 7) is 1.60. The number of carbonyl (C=O) groups excluding carboxylic acids is 1. The van der Waals surface area contributed by atoms with Crippen LogP contribution in [0.1, 0.15) is 23.4 Å². The average molecular weight is 288 g/mol. The molecule has 0 radical (unpaired) electrons. The second kappa shape index (κ2) is 5.99. The Morgan fingerprint density at radius 3 is 2.71 bits per heavy atom. The van der Waals surface area contributed by atoms with Gasteiger partial charge in [-0.1, -0.05) is 6.07 Å². The van der Waals surface area contributed by atoms with Crippen LogP contribution in [0.4, 0.5) is 10.1 Å². The fourth-order valence-corrected chi connectivity index (χ4v) is 2.62. The highest BCUT2D eigenvalue weighted by atomic mass is 19.1. The molecule has 1 fully saturated rings. The second-order valence-corrected chi connectivity index (χ2v) is 5.19. The summed E-state index contributed by atoms with van der Waals surface area (Å²) < 4.78 is 18.3. The summed E-state index contributed by atoms with van der Waals surface area (Å²) in [5.41, 5.74) is 0.894. The molecule has 1 aliphatic rings. The number of carbonyl (C=O) groups is 1. The molecule has 0 atom stereocenters. The second-order valence-electron chi connectivity index (χ2n) is 5.19. The highest BCUT2D eigenvalue weighted by molar-refractivity contribution is 5.91. The molecule has 5 heteroatoms. The molecule has 4 nitrogen and oxygen atoms in total. The monoisotopic (exact) mass is 288 g/mol. The summed E-state index contributed by atoms with van der Waals surface area (Å²) in [4.78, 5) is 14.0. The van der Waals surface area contributed by atoms with Crippen molar-refractivity contribution in [2.75, 3.05) is 18.0 Å². The third-order valence-electron chi connectivity index (χ3n) is 3.75. The number of nitrogens with one attached hydrogen (secondary N) is 1. The smallest absolute Gasteiger partial charge is 0.287 e. The molecular formula is C16H17FN2O2. The van der Waals surface area contributed by atoms with Crippen molar-refractivity contribution < 1.29 is 13.6 Å². The number of nitrogens with zero attached hydrogens (tertiary/aromatic N) is 1. The average Bonchev–Trinajstić information content (AvgIpc) is 3.02. The van der Waals surface area contributed by atoms with Crippen molar-refractivity contribution in [1.82, 2.24) is 5.32 Å². The number of furan rings is 1. The summed E-state index contributed by atoms with van der Waals surface area (Å²) in [7, 11) is 0. The molecule has 3 rings (SSSR count). The number of halogens is 1. The van der Waals surface area contributed by atoms with Crippen molar-refractivity contribution in [2.24, 2.45) is 0 Å². The SMILES string of the molecule is O=C(NC1CCN(c2cccc(F)c2)CC1)c1ccco1. The first-order valence-corrected chi connectivity index (χ1v) is 7.07. The molecule has 1 aliphatic heterocycles. The molecule has 1 amide bonds. The summed E-state index contributed by atoms with van der Waals surface area (Å²) in [6, 6.07) is 10.1. The van der Waals surface area contributed by atoms with Crippen molar-refractivity contribution in [2.45, 2.75) is 18.9 Å². The molecule has 0 unspecified atom stereocenters. The largest absolute Gasteiger partial charge is 0.459 e. The first kappa shape index (κ1) is 13.7. The van der Waals surface area contributed by atoms with E-state index in [1.807, 2.05) is 6.07 Å². The fourth-order valence-electron chi connectivity index (χ4n) is 2.62. The van der Waals surface area contributed by atoms with Crippen molar-refractivity contribution in [3.63, 3.8) is 0 Å². The van der Waals surface area contributed by atoms with Gasteiger partial charge >= 0.3 is 0 Å². The van der Waals surface area contributed by atoms with E-state index in [1.165, 1.54) is 12.3 Å². The lowest BCUT2D eigenvalue weighted by Crippen LogP contribution is -2.44. The van der Waals surface area contributed by atoms with Gasteiger partial charge in [-0.25, -0.2) is 4.39 Å². The van der Waals surface area contributed by atoms with Crippen LogP contribution >= 0.6 is 0 Å². The van der Waals surface area contributed by atoms with E-state index < -0.39 is 0 Å². The molecule has 2 aromatic rings. The minimum absolute atomic E-state index is 0.132. The topological polar surface area (TPSA) is 45.5 Å². The Labute approximate surface area is 122 Å². The van der Waals surface area contributed by atoms with Gasteiger partial charge in [-0.05, 0) is 43.2 Å². The van der Waals surface area contributed by atoms with Crippen molar-refractivity contribution in [1.29, 1.82) is 0 Å². The van der Waals surface area contributed by atoms with Gasteiger partial charge in [0.25, 0.3) is 5.91 Å². The zero-order valence-corrected chi connectivity index (χ0v) is 11.6. The van der Waals surface area contributed by atoms with Crippen LogP contribution < -0.4 is 10.2 Å². The summed E-state index contributed by atoms with van der Waals surface area (Å²) in [5, 5.41) is 2.97. The zero-order chi connectivity index (χ0) is 14.7. The molecule has 1 aromatic heterocycles. The van der Waals surface area contributed by atoms with Crippen LogP contribution in [0, 0.1) is 5.82 Å². The molecule has 1 aromatic carbocycles. The summed E-state index contributed by atoms with van der Waals surface area (Å²) >= 11 is 0. The van der Waals surface area contributed by atoms with E-state index in [2.05, 4.69) is 10.2 Å². The van der Waals surface area contributed by atoms with Crippen LogP contribution in [0.3, 0.4) is 0 Å². The number of hydrogen-bond acceptors (Lipinski definition) is 3. The zero-order valence-electron chi connectivity index (χ0n) is 11.6. The maximum atomic E-state index is 13.2. The van der Waals surface area contributed by atoms with Gasteiger partial charge in [0.2, 0.25) is 0 Å². The molecule has 1 N–H and O–H groups in total. The van der Waals surface area contributed by atoms with E-state index >= 15 is 0 Å². The lowest BCUT2D eigenvalue weighted by atomic mass is 10.0. The third-order valence-corrected chi connectivity index (χ3v) is 3.75. The molecule has 0 saturated carbocycles. The van der Waals surface area contributed by atoms with E-state index in [0.717, 1.165) is 31.6 Å². The maximum absolute atomic E-state index is 13.2. The highest BCUT2D eigenvalue weighted by Crippen LogP contribution is 2.21. The van der Waals surface area contributed by atoms with Gasteiger partial charge in [0.05, 0.1) is 6.26 Å². The molecule has 110 valence electrons. The van der Waals surface area contributed by atoms with Crippen LogP contribution in [0.2, 0.25) is 0 Å². The Bertz CT molecular complexity index is 604. The fraction of sp³-hybridized carbons (Fsp3) is 0.312. The van der Waals surface area contributed by atoms with Crippen molar-refractivity contribution in [3.8, 4) is 0 Å². The Kier molecular flexibility index (Phi) is 3.90. The van der Waals surface area contributed by atoms with Crippen LogP contribution in [0.25, 0.3) is 0 Å². The first-order chi connectivity index (χ1) is 10.2. The standard InChI is InChI=1S/C16H17FN2O2/c17-12-3-1-4-14(11-12)19-8-6-13(7-9-19)18-16(20)15-5-2-10-21-15/h1-5,10-11,13H,6-9H2,(H,18,20). The van der Waals surface area contributed by atoms with Gasteiger partial charge in [-0.3, -0.25) is 4.79 Å². The van der Waals surface area contributed by atoms with Gasteiger partial charge in [-0.15, -0.1) is 0 Å². The molecule has 0 aliphatic carbocycles. The molecule has 0 bridgehead atoms. The lowest BCUT2D eigenvalue weighted by molar-refractivity contribution is 0.0903. The normalized spacial score (nSPS) is 16.0. The van der Waals surface area contributed by atoms with Crippen LogP contribution in [0.5, 0.6) is 0 Å². The Hall–Kier alpha value is -2.30. The van der Waals surface area contributed by atoms with E-state index in [9.17, 15) is 9.18 Å². The lowest BCUT2D eigenvalue weighted by Gasteiger charge is -2.33. The number of benzene rings is 1. The Balaban J connectivity index is 1.54. The van der Waals surface area contributed by atoms with E-state index in [0.29, 0.717) is 5.76 Å². The number of anilines is 1. The Morgan fingerprint density at radius 1 is 1.24 bits per heavy atom. The minimum Gasteiger partial charge on any atom is -0.459 e. The number of amides is 1. The van der Waals surface area contributed by atoms with Crippen molar-refractivity contribution >= 4 is 11.6 Å². The highest BCUT2D eigenvalue weighted by Gasteiger charge is 2.22. The van der Waals surface area contributed by atoms with Crippen molar-refractivity contribution in [3.05, 3.63) is 54.2 Å². The van der Waals surface area contributed by atoms with E-state index in [-0.39, 0.29) is 17.8 Å². The predicted octanol–water partition coefficient (Wildman–Crippen LogP) is 2.82. The first-order valence-electron chi connectivity index (χ1n) is 7.07. The minimum atomic E-state index is -0.222. The molecule has 2 heterocycles. The molecular weight excluding hydrogens is 271 g/mol. The van der Waals surface area contributed by atoms with Gasteiger partial charge in [0.1, 0.15) is 5.82 Å². The number of piperidine rings is 1. The summed E-state index contributed by atoms with van der Waals surface area (Å²) in [6.07, 6.45) is 3.16. The summed E-state index contributed by atoms with van der Waals surface area (Å²) in [5.74, 6) is -0.0625. The molecule has 0 spiro atoms. The molecule has 1 saturated heterocycles. The number of hydrogen-bond donors (Lipinski definition) is 1. The van der Waals surface area contributed by atoms with Gasteiger partial charge in [0, 0.05) is 24.8 Å². The third kappa shape index (κ3) is 3.24. The van der Waals surface area contributed by atoms with Crippen LogP contribution in [-0.4, -0.2) is 25.0 Å². The van der Waals surface area contributed by atoms with Gasteiger partial charge in [-0.2, -0.15) is 0 Å². The molecule has 21 heavy (non-hydrogen) atoms. The van der Waals surface area contributed by atoms with Crippen LogP contribution in [0.15, 0.2) is 47.1 Å². The van der Waals surface area contributed by atoms with Gasteiger partial charge < -0.3 is 14.6 Å². The Morgan fingerprint density at radius 2 is 2.05 bits per heavy atom.